The van der Waals surface area contributed by atoms with E-state index in [4.69, 9.17) is 10.2 Å². The highest BCUT2D eigenvalue weighted by Gasteiger charge is 2.18. The van der Waals surface area contributed by atoms with Crippen LogP contribution in [0.4, 0.5) is 5.82 Å². The molecule has 0 spiro atoms. The largest absolute Gasteiger partial charge is 0.459 e. The van der Waals surface area contributed by atoms with Gasteiger partial charge in [0.2, 0.25) is 0 Å². The van der Waals surface area contributed by atoms with Gasteiger partial charge in [0.05, 0.1) is 17.3 Å². The lowest BCUT2D eigenvalue weighted by Gasteiger charge is -2.08. The molecule has 0 saturated heterocycles. The molecule has 4 rings (SSSR count). The number of fused-ring (bicyclic) bond motifs is 2. The number of nitriles is 1. The zero-order valence-corrected chi connectivity index (χ0v) is 13.6. The predicted molar refractivity (Wildman–Crippen MR) is 95.2 cm³/mol. The summed E-state index contributed by atoms with van der Waals surface area (Å²) < 4.78 is 6.74. The fourth-order valence-electron chi connectivity index (χ4n) is 2.83. The van der Waals surface area contributed by atoms with Gasteiger partial charge in [0, 0.05) is 13.1 Å². The molecule has 0 aliphatic carbocycles. The van der Waals surface area contributed by atoms with Gasteiger partial charge in [0.1, 0.15) is 23.0 Å². The number of carbonyl (C=O) groups is 1. The number of amides is 1. The highest BCUT2D eigenvalue weighted by atomic mass is 16.3. The van der Waals surface area contributed by atoms with Gasteiger partial charge in [0.15, 0.2) is 11.4 Å². The van der Waals surface area contributed by atoms with Crippen LogP contribution in [0.2, 0.25) is 0 Å². The second-order valence-corrected chi connectivity index (χ2v) is 5.64. The van der Waals surface area contributed by atoms with Gasteiger partial charge in [-0.1, -0.05) is 12.1 Å². The van der Waals surface area contributed by atoms with E-state index in [0.29, 0.717) is 35.3 Å². The maximum Gasteiger partial charge on any atom is 0.287 e. The Bertz CT molecular complexity index is 1150. The van der Waals surface area contributed by atoms with Crippen LogP contribution in [-0.4, -0.2) is 27.0 Å². The first kappa shape index (κ1) is 15.7. The summed E-state index contributed by atoms with van der Waals surface area (Å²) in [6.45, 7) is 0.649. The molecular weight excluding hydrogens is 332 g/mol. The van der Waals surface area contributed by atoms with Crippen LogP contribution in [-0.2, 0) is 6.54 Å². The highest BCUT2D eigenvalue weighted by Crippen LogP contribution is 2.26. The van der Waals surface area contributed by atoms with Crippen LogP contribution in [0.5, 0.6) is 0 Å². The van der Waals surface area contributed by atoms with Crippen molar-refractivity contribution in [2.24, 2.45) is 0 Å². The fourth-order valence-corrected chi connectivity index (χ4v) is 2.83. The summed E-state index contributed by atoms with van der Waals surface area (Å²) in [7, 11) is 0. The molecule has 4 aromatic rings. The number of carbonyl (C=O) groups excluding carboxylic acids is 1. The average Bonchev–Trinajstić information content (AvgIpc) is 3.27. The molecule has 3 aromatic heterocycles. The quantitative estimate of drug-likeness (QED) is 0.583. The molecule has 3 heterocycles. The molecule has 0 aliphatic rings. The molecule has 1 aromatic carbocycles. The van der Waals surface area contributed by atoms with Crippen LogP contribution in [0.1, 0.15) is 16.1 Å². The number of nitrogens with two attached hydrogens (primary N) is 1. The van der Waals surface area contributed by atoms with Crippen LogP contribution in [0, 0.1) is 11.3 Å². The van der Waals surface area contributed by atoms with Crippen LogP contribution in [0.15, 0.2) is 47.1 Å². The normalized spacial score (nSPS) is 10.9. The number of nitrogens with zero attached hydrogens (tertiary/aromatic N) is 4. The third kappa shape index (κ3) is 2.52. The van der Waals surface area contributed by atoms with E-state index in [0.717, 1.165) is 0 Å². The Labute approximate surface area is 147 Å². The van der Waals surface area contributed by atoms with Crippen LogP contribution in [0.25, 0.3) is 22.2 Å². The summed E-state index contributed by atoms with van der Waals surface area (Å²) in [5.74, 6) is 0.200. The number of para-hydroxylation sites is 2. The lowest BCUT2D eigenvalue weighted by atomic mass is 10.2. The molecular formula is C18H14N6O2. The first-order valence-corrected chi connectivity index (χ1v) is 7.95. The Hall–Kier alpha value is -3.86. The van der Waals surface area contributed by atoms with E-state index in [-0.39, 0.29) is 23.0 Å². The van der Waals surface area contributed by atoms with Crippen molar-refractivity contribution in [2.45, 2.75) is 6.54 Å². The first-order chi connectivity index (χ1) is 12.7. The molecule has 3 N–H and O–H groups in total. The molecule has 8 nitrogen and oxygen atoms in total. The lowest BCUT2D eigenvalue weighted by Crippen LogP contribution is -2.27. The van der Waals surface area contributed by atoms with Crippen LogP contribution < -0.4 is 11.1 Å². The van der Waals surface area contributed by atoms with Gasteiger partial charge in [-0.05, 0) is 24.3 Å². The van der Waals surface area contributed by atoms with Crippen molar-refractivity contribution in [1.29, 1.82) is 5.26 Å². The molecule has 0 bridgehead atoms. The molecule has 26 heavy (non-hydrogen) atoms. The second-order valence-electron chi connectivity index (χ2n) is 5.64. The van der Waals surface area contributed by atoms with E-state index in [9.17, 15) is 10.1 Å². The molecule has 8 heteroatoms. The first-order valence-electron chi connectivity index (χ1n) is 7.95. The monoisotopic (exact) mass is 346 g/mol. The van der Waals surface area contributed by atoms with E-state index in [1.807, 2.05) is 24.3 Å². The van der Waals surface area contributed by atoms with Crippen molar-refractivity contribution in [3.05, 3.63) is 54.0 Å². The zero-order chi connectivity index (χ0) is 18.1. The molecule has 0 fully saturated rings. The Morgan fingerprint density at radius 2 is 2.00 bits per heavy atom. The van der Waals surface area contributed by atoms with Crippen LogP contribution >= 0.6 is 0 Å². The summed E-state index contributed by atoms with van der Waals surface area (Å²) in [5, 5.41) is 12.2. The van der Waals surface area contributed by atoms with Crippen molar-refractivity contribution < 1.29 is 9.21 Å². The fraction of sp³-hybridized carbons (Fsp3) is 0.111. The van der Waals surface area contributed by atoms with E-state index >= 15 is 0 Å². The van der Waals surface area contributed by atoms with Gasteiger partial charge in [0.25, 0.3) is 5.91 Å². The Balaban J connectivity index is 1.68. The average molecular weight is 346 g/mol. The minimum Gasteiger partial charge on any atom is -0.459 e. The summed E-state index contributed by atoms with van der Waals surface area (Å²) in [5.41, 5.74) is 8.80. The number of furan rings is 1. The van der Waals surface area contributed by atoms with E-state index in [2.05, 4.69) is 21.4 Å². The molecule has 0 aliphatic heterocycles. The zero-order valence-electron chi connectivity index (χ0n) is 13.6. The SMILES string of the molecule is N#Cc1c(N)n(CCNC(=O)c2ccco2)c2nc3ccccc3nc12. The van der Waals surface area contributed by atoms with Gasteiger partial charge in [-0.3, -0.25) is 4.79 Å². The maximum absolute atomic E-state index is 12.0. The third-order valence-corrected chi connectivity index (χ3v) is 4.07. The maximum atomic E-state index is 12.0. The minimum absolute atomic E-state index is 0.235. The summed E-state index contributed by atoms with van der Waals surface area (Å²) in [6, 6.07) is 12.7. The van der Waals surface area contributed by atoms with E-state index in [1.54, 1.807) is 16.7 Å². The number of rotatable bonds is 4. The van der Waals surface area contributed by atoms with Crippen molar-refractivity contribution in [2.75, 3.05) is 12.3 Å². The highest BCUT2D eigenvalue weighted by molar-refractivity contribution is 5.92. The number of anilines is 1. The van der Waals surface area contributed by atoms with Gasteiger partial charge in [-0.15, -0.1) is 0 Å². The smallest absolute Gasteiger partial charge is 0.287 e. The van der Waals surface area contributed by atoms with Crippen molar-refractivity contribution in [1.82, 2.24) is 19.9 Å². The molecule has 1 amide bonds. The molecule has 0 radical (unpaired) electrons. The van der Waals surface area contributed by atoms with E-state index in [1.165, 1.54) is 6.26 Å². The number of hydrogen-bond acceptors (Lipinski definition) is 6. The number of nitrogen functional groups attached to an aromatic ring is 1. The number of aromatic nitrogens is 3. The summed E-state index contributed by atoms with van der Waals surface area (Å²) in [6.07, 6.45) is 1.44. The van der Waals surface area contributed by atoms with Gasteiger partial charge >= 0.3 is 0 Å². The predicted octanol–water partition coefficient (Wildman–Crippen LogP) is 2.06. The third-order valence-electron chi connectivity index (χ3n) is 4.07. The second kappa shape index (κ2) is 6.22. The summed E-state index contributed by atoms with van der Waals surface area (Å²) in [4.78, 5) is 21.1. The Morgan fingerprint density at radius 3 is 2.69 bits per heavy atom. The standard InChI is InChI=1S/C18H14N6O2/c19-10-11-15-17(23-13-5-2-1-4-12(13)22-15)24(16(11)20)8-7-21-18(25)14-6-3-9-26-14/h1-6,9H,7-8,20H2,(H,21,25). The molecule has 128 valence electrons. The van der Waals surface area contributed by atoms with Gasteiger partial charge in [-0.25, -0.2) is 9.97 Å². The number of hydrogen-bond donors (Lipinski definition) is 2. The van der Waals surface area contributed by atoms with Crippen molar-refractivity contribution in [3.8, 4) is 6.07 Å². The molecule has 0 saturated carbocycles. The Morgan fingerprint density at radius 1 is 1.23 bits per heavy atom. The van der Waals surface area contributed by atoms with Crippen LogP contribution in [0.3, 0.4) is 0 Å². The van der Waals surface area contributed by atoms with Gasteiger partial charge in [-0.2, -0.15) is 5.26 Å². The number of nitrogens with one attached hydrogen (secondary N) is 1. The van der Waals surface area contributed by atoms with Crippen molar-refractivity contribution in [3.63, 3.8) is 0 Å². The van der Waals surface area contributed by atoms with Crippen molar-refractivity contribution >= 4 is 33.9 Å². The lowest BCUT2D eigenvalue weighted by molar-refractivity contribution is 0.0924. The molecule has 0 atom stereocenters. The molecule has 0 unspecified atom stereocenters. The van der Waals surface area contributed by atoms with E-state index < -0.39 is 0 Å². The topological polar surface area (TPSA) is 123 Å². The number of benzene rings is 1. The summed E-state index contributed by atoms with van der Waals surface area (Å²) >= 11 is 0. The minimum atomic E-state index is -0.318. The Kier molecular flexibility index (Phi) is 3.74. The van der Waals surface area contributed by atoms with Gasteiger partial charge < -0.3 is 20.0 Å².